The van der Waals surface area contributed by atoms with Crippen molar-refractivity contribution in [3.8, 4) is 16.5 Å². The molecule has 15 heavy (non-hydrogen) atoms. The quantitative estimate of drug-likeness (QED) is 0.719. The first kappa shape index (κ1) is 9.63. The van der Waals surface area contributed by atoms with Gasteiger partial charge in [0.15, 0.2) is 6.29 Å². The molecule has 1 aromatic carbocycles. The third-order valence-electron chi connectivity index (χ3n) is 2.07. The van der Waals surface area contributed by atoms with Crippen LogP contribution in [0.25, 0.3) is 10.4 Å². The van der Waals surface area contributed by atoms with Crippen molar-refractivity contribution in [2.24, 2.45) is 0 Å². The molecule has 1 heterocycles. The molecule has 2 nitrogen and oxygen atoms in total. The van der Waals surface area contributed by atoms with Crippen molar-refractivity contribution in [1.29, 1.82) is 5.26 Å². The Labute approximate surface area is 91.4 Å². The number of nitriles is 1. The van der Waals surface area contributed by atoms with Crippen molar-refractivity contribution in [1.82, 2.24) is 0 Å². The van der Waals surface area contributed by atoms with E-state index < -0.39 is 0 Å². The summed E-state index contributed by atoms with van der Waals surface area (Å²) in [7, 11) is 0. The van der Waals surface area contributed by atoms with Crippen LogP contribution in [0.3, 0.4) is 0 Å². The third kappa shape index (κ3) is 1.80. The van der Waals surface area contributed by atoms with Crippen molar-refractivity contribution in [3.05, 3.63) is 46.8 Å². The number of aldehydes is 1. The highest BCUT2D eigenvalue weighted by Gasteiger charge is 2.06. The van der Waals surface area contributed by atoms with E-state index in [0.717, 1.165) is 16.7 Å². The standard InChI is InChI=1S/C12H7NOS/c13-7-10-5-6-12(15-10)11-4-2-1-3-9(11)8-14/h1-6,8H. The van der Waals surface area contributed by atoms with Gasteiger partial charge in [0.25, 0.3) is 0 Å². The van der Waals surface area contributed by atoms with Crippen molar-refractivity contribution >= 4 is 17.6 Å². The van der Waals surface area contributed by atoms with Gasteiger partial charge in [0.1, 0.15) is 10.9 Å². The SMILES string of the molecule is N#Cc1ccc(-c2ccccc2C=O)s1. The number of hydrogen-bond acceptors (Lipinski definition) is 3. The number of nitrogens with zero attached hydrogens (tertiary/aromatic N) is 1. The van der Waals surface area contributed by atoms with Crippen molar-refractivity contribution in [2.75, 3.05) is 0 Å². The zero-order valence-corrected chi connectivity index (χ0v) is 8.62. The van der Waals surface area contributed by atoms with E-state index in [1.54, 1.807) is 12.1 Å². The molecular formula is C12H7NOS. The van der Waals surface area contributed by atoms with Crippen LogP contribution in [0, 0.1) is 11.3 Å². The van der Waals surface area contributed by atoms with Crippen LogP contribution in [0.2, 0.25) is 0 Å². The first-order chi connectivity index (χ1) is 7.35. The molecule has 0 bridgehead atoms. The van der Waals surface area contributed by atoms with Crippen LogP contribution >= 0.6 is 11.3 Å². The molecule has 2 rings (SSSR count). The summed E-state index contributed by atoms with van der Waals surface area (Å²) in [6.45, 7) is 0. The lowest BCUT2D eigenvalue weighted by molar-refractivity contribution is 0.112. The first-order valence-electron chi connectivity index (χ1n) is 4.39. The van der Waals surface area contributed by atoms with Crippen LogP contribution in [0.4, 0.5) is 0 Å². The Bertz CT molecular complexity index is 537. The molecule has 0 radical (unpaired) electrons. The topological polar surface area (TPSA) is 40.9 Å². The van der Waals surface area contributed by atoms with Gasteiger partial charge in [0, 0.05) is 16.0 Å². The number of thiophene rings is 1. The maximum Gasteiger partial charge on any atom is 0.150 e. The number of hydrogen-bond donors (Lipinski definition) is 0. The molecule has 0 atom stereocenters. The van der Waals surface area contributed by atoms with Gasteiger partial charge in [0.05, 0.1) is 0 Å². The van der Waals surface area contributed by atoms with Gasteiger partial charge in [-0.3, -0.25) is 4.79 Å². The van der Waals surface area contributed by atoms with E-state index in [4.69, 9.17) is 5.26 Å². The van der Waals surface area contributed by atoms with Crippen LogP contribution < -0.4 is 0 Å². The lowest BCUT2D eigenvalue weighted by Crippen LogP contribution is -1.83. The molecular weight excluding hydrogens is 206 g/mol. The van der Waals surface area contributed by atoms with E-state index in [1.165, 1.54) is 11.3 Å². The molecule has 0 aliphatic heterocycles. The summed E-state index contributed by atoms with van der Waals surface area (Å²) in [6.07, 6.45) is 0.834. The van der Waals surface area contributed by atoms with Gasteiger partial charge >= 0.3 is 0 Å². The van der Waals surface area contributed by atoms with Crippen molar-refractivity contribution in [2.45, 2.75) is 0 Å². The van der Waals surface area contributed by atoms with E-state index in [-0.39, 0.29) is 0 Å². The van der Waals surface area contributed by atoms with Crippen LogP contribution in [0.1, 0.15) is 15.2 Å². The minimum absolute atomic E-state index is 0.656. The van der Waals surface area contributed by atoms with E-state index in [0.29, 0.717) is 10.4 Å². The lowest BCUT2D eigenvalue weighted by atomic mass is 10.1. The van der Waals surface area contributed by atoms with Gasteiger partial charge in [-0.25, -0.2) is 0 Å². The average Bonchev–Trinajstić information content (AvgIpc) is 2.77. The maximum absolute atomic E-state index is 10.8. The summed E-state index contributed by atoms with van der Waals surface area (Å²) in [4.78, 5) is 12.4. The number of rotatable bonds is 2. The zero-order chi connectivity index (χ0) is 10.7. The molecule has 3 heteroatoms. The summed E-state index contributed by atoms with van der Waals surface area (Å²) >= 11 is 1.40. The van der Waals surface area contributed by atoms with Crippen LogP contribution in [0.15, 0.2) is 36.4 Å². The second-order valence-corrected chi connectivity index (χ2v) is 4.06. The van der Waals surface area contributed by atoms with Gasteiger partial charge in [-0.05, 0) is 12.1 Å². The van der Waals surface area contributed by atoms with E-state index in [9.17, 15) is 4.79 Å². The fourth-order valence-corrected chi connectivity index (χ4v) is 2.22. The van der Waals surface area contributed by atoms with Crippen molar-refractivity contribution in [3.63, 3.8) is 0 Å². The highest BCUT2D eigenvalue weighted by Crippen LogP contribution is 2.29. The molecule has 0 unspecified atom stereocenters. The highest BCUT2D eigenvalue weighted by molar-refractivity contribution is 7.16. The Balaban J connectivity index is 2.54. The van der Waals surface area contributed by atoms with Crippen LogP contribution in [0.5, 0.6) is 0 Å². The van der Waals surface area contributed by atoms with Crippen LogP contribution in [-0.2, 0) is 0 Å². The number of carbonyl (C=O) groups is 1. The molecule has 0 saturated heterocycles. The van der Waals surface area contributed by atoms with E-state index in [1.807, 2.05) is 24.3 Å². The maximum atomic E-state index is 10.8. The molecule has 0 fully saturated rings. The second-order valence-electron chi connectivity index (χ2n) is 2.98. The third-order valence-corrected chi connectivity index (χ3v) is 3.09. The summed E-state index contributed by atoms with van der Waals surface area (Å²) in [5, 5.41) is 8.72. The molecule has 72 valence electrons. The highest BCUT2D eigenvalue weighted by atomic mass is 32.1. The molecule has 0 aliphatic carbocycles. The number of carbonyl (C=O) groups excluding carboxylic acids is 1. The predicted octanol–water partition coefficient (Wildman–Crippen LogP) is 3.10. The zero-order valence-electron chi connectivity index (χ0n) is 7.81. The molecule has 0 spiro atoms. The van der Waals surface area contributed by atoms with Crippen LogP contribution in [-0.4, -0.2) is 6.29 Å². The molecule has 1 aromatic heterocycles. The van der Waals surface area contributed by atoms with Gasteiger partial charge in [-0.2, -0.15) is 5.26 Å². The monoisotopic (exact) mass is 213 g/mol. The average molecular weight is 213 g/mol. The van der Waals surface area contributed by atoms with Gasteiger partial charge < -0.3 is 0 Å². The minimum Gasteiger partial charge on any atom is -0.298 e. The smallest absolute Gasteiger partial charge is 0.150 e. The lowest BCUT2D eigenvalue weighted by Gasteiger charge is -1.99. The molecule has 0 aliphatic rings. The number of benzene rings is 1. The Morgan fingerprint density at radius 1 is 1.20 bits per heavy atom. The fourth-order valence-electron chi connectivity index (χ4n) is 1.37. The summed E-state index contributed by atoms with van der Waals surface area (Å²) in [6, 6.07) is 13.1. The summed E-state index contributed by atoms with van der Waals surface area (Å²) in [5.74, 6) is 0. The first-order valence-corrected chi connectivity index (χ1v) is 5.21. The molecule has 2 aromatic rings. The fraction of sp³-hybridized carbons (Fsp3) is 0. The van der Waals surface area contributed by atoms with Gasteiger partial charge in [-0.15, -0.1) is 11.3 Å². The normalized spacial score (nSPS) is 9.53. The summed E-state index contributed by atoms with van der Waals surface area (Å²) < 4.78 is 0. The summed E-state index contributed by atoms with van der Waals surface area (Å²) in [5.41, 5.74) is 1.54. The largest absolute Gasteiger partial charge is 0.298 e. The minimum atomic E-state index is 0.656. The predicted molar refractivity (Wildman–Crippen MR) is 59.9 cm³/mol. The molecule has 0 amide bonds. The van der Waals surface area contributed by atoms with E-state index in [2.05, 4.69) is 6.07 Å². The van der Waals surface area contributed by atoms with Gasteiger partial charge in [0.2, 0.25) is 0 Å². The second kappa shape index (κ2) is 4.07. The Morgan fingerprint density at radius 3 is 2.67 bits per heavy atom. The van der Waals surface area contributed by atoms with E-state index >= 15 is 0 Å². The van der Waals surface area contributed by atoms with Crippen molar-refractivity contribution < 1.29 is 4.79 Å². The molecule has 0 saturated carbocycles. The Kier molecular flexibility index (Phi) is 2.61. The Hall–Kier alpha value is -1.92. The Morgan fingerprint density at radius 2 is 2.00 bits per heavy atom. The van der Waals surface area contributed by atoms with Gasteiger partial charge in [-0.1, -0.05) is 24.3 Å². The molecule has 0 N–H and O–H groups in total.